The predicted octanol–water partition coefficient (Wildman–Crippen LogP) is 13.2. The molecular formula is C86H83O19S5+3. The summed E-state index contributed by atoms with van der Waals surface area (Å²) in [6.07, 6.45) is -3.15. The maximum Gasteiger partial charge on any atom is 0.344 e. The van der Waals surface area contributed by atoms with Gasteiger partial charge in [-0.05, 0) is 173 Å². The molecule has 7 saturated heterocycles. The fraction of sp³-hybridized carbons (Fsp3) is 0.326. The van der Waals surface area contributed by atoms with Crippen molar-refractivity contribution >= 4 is 76.8 Å². The van der Waals surface area contributed by atoms with Crippen molar-refractivity contribution in [3.8, 4) is 17.2 Å². The molecule has 0 N–H and O–H groups in total. The average Bonchev–Trinajstić information content (AvgIpc) is 1.56. The quantitative estimate of drug-likeness (QED) is 0.0281. The van der Waals surface area contributed by atoms with Crippen molar-refractivity contribution in [3.63, 3.8) is 0 Å². The van der Waals surface area contributed by atoms with E-state index in [4.69, 9.17) is 51.0 Å². The van der Waals surface area contributed by atoms with Crippen LogP contribution in [0.15, 0.2) is 262 Å². The van der Waals surface area contributed by atoms with Gasteiger partial charge in [0.1, 0.15) is 53.0 Å². The van der Waals surface area contributed by atoms with Crippen LogP contribution < -0.4 is 14.2 Å². The van der Waals surface area contributed by atoms with Crippen LogP contribution in [-0.2, 0) is 109 Å². The van der Waals surface area contributed by atoms with E-state index in [0.717, 1.165) is 44.7 Å². The van der Waals surface area contributed by atoms with E-state index < -0.39 is 97.5 Å². The summed E-state index contributed by atoms with van der Waals surface area (Å²) >= 11 is 0. The number of fused-ring (bicyclic) bond motifs is 3. The van der Waals surface area contributed by atoms with Crippen LogP contribution in [0.4, 0.5) is 0 Å². The Hall–Kier alpha value is -8.95. The Morgan fingerprint density at radius 3 is 1.05 bits per heavy atom. The number of carbonyl (C=O) groups excluding carboxylic acids is 4. The van der Waals surface area contributed by atoms with Gasteiger partial charge in [-0.1, -0.05) is 109 Å². The summed E-state index contributed by atoms with van der Waals surface area (Å²) in [4.78, 5) is 60.8. The van der Waals surface area contributed by atoms with Crippen molar-refractivity contribution in [2.75, 3.05) is 19.8 Å². The van der Waals surface area contributed by atoms with E-state index in [0.29, 0.717) is 30.1 Å². The highest BCUT2D eigenvalue weighted by atomic mass is 32.2. The van der Waals surface area contributed by atoms with Gasteiger partial charge in [0.25, 0.3) is 20.2 Å². The van der Waals surface area contributed by atoms with Crippen LogP contribution in [0, 0.1) is 59.3 Å². The van der Waals surface area contributed by atoms with Crippen LogP contribution >= 0.6 is 0 Å². The first-order valence-corrected chi connectivity index (χ1v) is 43.4. The lowest BCUT2D eigenvalue weighted by Crippen LogP contribution is -2.42. The van der Waals surface area contributed by atoms with Crippen molar-refractivity contribution in [3.05, 3.63) is 252 Å². The molecule has 0 aromatic heterocycles. The Kier molecular flexibility index (Phi) is 21.4. The summed E-state index contributed by atoms with van der Waals surface area (Å²) in [6, 6.07) is 75.4. The molecule has 9 aromatic carbocycles. The number of benzene rings is 9. The third-order valence-electron chi connectivity index (χ3n) is 21.7. The van der Waals surface area contributed by atoms with Gasteiger partial charge in [0, 0.05) is 48.2 Å². The summed E-state index contributed by atoms with van der Waals surface area (Å²) in [5, 5.41) is -1.09. The Labute approximate surface area is 648 Å². The first-order valence-electron chi connectivity index (χ1n) is 36.8. The van der Waals surface area contributed by atoms with Crippen molar-refractivity contribution in [2.24, 2.45) is 17.8 Å². The van der Waals surface area contributed by atoms with Crippen molar-refractivity contribution in [2.45, 2.75) is 183 Å². The van der Waals surface area contributed by atoms with Crippen LogP contribution in [0.1, 0.15) is 59.1 Å². The van der Waals surface area contributed by atoms with Crippen LogP contribution in [0.2, 0.25) is 0 Å². The second-order valence-corrected chi connectivity index (χ2v) is 38.7. The molecule has 7 heterocycles. The SMILES string of the molecule is Cc1cc([S+](c2ccccc2)c2ccccc2)cc(C)c1OCC(=O)OC1C2CC3C(=O)OC1C3O2.Cc1cc([S+](c2ccccc2)c2ccccc2)cc(C)c1OCC(=O)OC1C2CC3C(O2)C1OS3(=O)=O.Cc1cc([S+](c2ccccc2)c2ccccc2)cc(C)c1OCC(=O)OC1C2CC3C1OS(=O)(=O)C3C2. The molecule has 15 atom stereocenters. The van der Waals surface area contributed by atoms with E-state index >= 15 is 0 Å². The standard InChI is InChI=1S/C29H29O6S2.C29H27O6S.C28H27O7S2/c1-18-13-23(36(21-9-5-3-6-10-21)22-11-7-4-8-12-22)14-19(2)27(18)33-17-26(30)34-28-20-15-24-25(16-20)37(31,32)35-29(24)28;1-17-13-21(36(19-9-5-3-6-10-19)20-11-7-4-8-12-20)14-18(2)25(17)32-16-24(30)34-27-23-15-22-26(33-23)28(27)35-29(22)31;1-17-13-21(36(19-9-5-3-6-10-19)20-11-7-4-8-12-20)14-18(2)25(17)32-16-24(29)34-26-22-15-23-27(33-22)28(26)35-37(23,30)31/h3-14,20,24-25,28-29H,15-17H2,1-2H3;3-14,22-23,26-28H,15-16H2,1-2H3;3-14,22-23,26-28H,15-16H2,1-2H3/q3*+1. The number of esters is 4. The van der Waals surface area contributed by atoms with E-state index in [-0.39, 0.29) is 94.9 Å². The van der Waals surface area contributed by atoms with Crippen LogP contribution in [-0.4, -0.2) is 132 Å². The Morgan fingerprint density at radius 1 is 0.364 bits per heavy atom. The normalized spacial score (nSPS) is 26.6. The first-order chi connectivity index (χ1) is 53.1. The summed E-state index contributed by atoms with van der Waals surface area (Å²) in [7, 11) is -8.04. The zero-order valence-corrected chi connectivity index (χ0v) is 65.3. The van der Waals surface area contributed by atoms with Gasteiger partial charge in [-0.3, -0.25) is 13.2 Å². The maximum absolute atomic E-state index is 12.7. The number of hydrogen-bond donors (Lipinski definition) is 0. The minimum atomic E-state index is -3.66. The number of rotatable bonds is 21. The monoisotopic (exact) mass is 1580 g/mol. The lowest BCUT2D eigenvalue weighted by molar-refractivity contribution is -0.162. The Bertz CT molecular complexity index is 4750. The average molecular weight is 1580 g/mol. The number of aryl methyl sites for hydroxylation is 6. The van der Waals surface area contributed by atoms with Crippen molar-refractivity contribution in [1.82, 2.24) is 0 Å². The smallest absolute Gasteiger partial charge is 0.344 e. The molecule has 2 aliphatic carbocycles. The molecule has 0 amide bonds. The molecule has 9 aromatic rings. The van der Waals surface area contributed by atoms with Gasteiger partial charge in [-0.2, -0.15) is 16.8 Å². The number of carbonyl (C=O) groups is 4. The van der Waals surface area contributed by atoms with Gasteiger partial charge < -0.3 is 42.6 Å². The second-order valence-electron chi connectivity index (χ2n) is 29.0. The number of hydrogen-bond acceptors (Lipinski definition) is 19. The zero-order chi connectivity index (χ0) is 76.3. The van der Waals surface area contributed by atoms with Crippen LogP contribution in [0.25, 0.3) is 0 Å². The third-order valence-corrected chi connectivity index (χ3v) is 31.7. The zero-order valence-electron chi connectivity index (χ0n) is 61.2. The van der Waals surface area contributed by atoms with Crippen molar-refractivity contribution < 1.29 is 87.0 Å². The van der Waals surface area contributed by atoms with E-state index in [9.17, 15) is 36.0 Å². The topological polar surface area (TPSA) is 238 Å². The molecule has 9 aliphatic rings. The molecular weight excluding hydrogens is 1500 g/mol. The van der Waals surface area contributed by atoms with Gasteiger partial charge in [0.05, 0.1) is 56.1 Å². The van der Waals surface area contributed by atoms with E-state index in [1.54, 1.807) is 0 Å². The minimum Gasteiger partial charge on any atom is -0.481 e. The third kappa shape index (κ3) is 15.0. The molecule has 0 spiro atoms. The second kappa shape index (κ2) is 31.3. The van der Waals surface area contributed by atoms with Gasteiger partial charge in [-0.15, -0.1) is 0 Å². The molecule has 0 radical (unpaired) electrons. The molecule has 110 heavy (non-hydrogen) atoms. The lowest BCUT2D eigenvalue weighted by atomic mass is 9.88. The van der Waals surface area contributed by atoms with Gasteiger partial charge in [0.2, 0.25) is 0 Å². The lowest BCUT2D eigenvalue weighted by Gasteiger charge is -2.25. The van der Waals surface area contributed by atoms with Crippen LogP contribution in [0.3, 0.4) is 0 Å². The predicted molar refractivity (Wildman–Crippen MR) is 410 cm³/mol. The maximum atomic E-state index is 12.7. The Balaban J connectivity index is 0.000000125. The Morgan fingerprint density at radius 2 is 0.682 bits per heavy atom. The largest absolute Gasteiger partial charge is 0.481 e. The van der Waals surface area contributed by atoms with E-state index in [1.165, 1.54) is 39.2 Å². The molecule has 9 fully saturated rings. The van der Waals surface area contributed by atoms with Crippen molar-refractivity contribution in [1.29, 1.82) is 0 Å². The molecule has 24 heteroatoms. The fourth-order valence-corrected chi connectivity index (χ4v) is 27.4. The summed E-state index contributed by atoms with van der Waals surface area (Å²) in [6.45, 7) is 11.2. The molecule has 15 unspecified atom stereocenters. The highest BCUT2D eigenvalue weighted by Gasteiger charge is 2.68. The molecule has 6 bridgehead atoms. The molecule has 2 saturated carbocycles. The van der Waals surface area contributed by atoms with Gasteiger partial charge >= 0.3 is 23.9 Å². The summed E-state index contributed by atoms with van der Waals surface area (Å²) in [5.74, 6) is -0.0900. The molecule has 18 rings (SSSR count). The molecule has 568 valence electrons. The summed E-state index contributed by atoms with van der Waals surface area (Å²) < 4.78 is 111. The van der Waals surface area contributed by atoms with Gasteiger partial charge in [-0.25, -0.2) is 14.4 Å². The molecule has 19 nitrogen and oxygen atoms in total. The first kappa shape index (κ1) is 75.1. The van der Waals surface area contributed by atoms with E-state index in [2.05, 4.69) is 182 Å². The highest BCUT2D eigenvalue weighted by molar-refractivity contribution is 7.97. The van der Waals surface area contributed by atoms with E-state index in [1.807, 2.05) is 77.9 Å². The van der Waals surface area contributed by atoms with Crippen LogP contribution in [0.5, 0.6) is 17.2 Å². The van der Waals surface area contributed by atoms with Gasteiger partial charge in [0.15, 0.2) is 82.2 Å². The highest BCUT2D eigenvalue weighted by Crippen LogP contribution is 2.56. The minimum absolute atomic E-state index is 0.0397. The number of ether oxygens (including phenoxy) is 9. The fourth-order valence-electron chi connectivity index (χ4n) is 17.1. The summed E-state index contributed by atoms with van der Waals surface area (Å²) in [5.41, 5.74) is 5.64. The molecule has 7 aliphatic heterocycles.